The highest BCUT2D eigenvalue weighted by Gasteiger charge is 2.26. The third-order valence-corrected chi connectivity index (χ3v) is 6.41. The standard InChI is InChI=1S/C23H29N5O3S/c1-12-10-9-11-13(2)16(12)24-18(29)14(3)32-19-15-17(25-21(26-19)23(4,5)6)27(7)22(31)28(8)20(15)30/h9-11,14H,1-8H3,(H,24,29). The maximum atomic E-state index is 13.0. The molecule has 0 bridgehead atoms. The SMILES string of the molecule is Cc1cccc(C)c1NC(=O)C(C)Sc1nc(C(C)(C)C)nc2c1c(=O)n(C)c(=O)n2C. The van der Waals surface area contributed by atoms with Crippen LogP contribution in [0.15, 0.2) is 32.8 Å². The number of hydrogen-bond acceptors (Lipinski definition) is 6. The summed E-state index contributed by atoms with van der Waals surface area (Å²) in [5, 5.41) is 3.08. The van der Waals surface area contributed by atoms with Gasteiger partial charge in [-0.2, -0.15) is 0 Å². The van der Waals surface area contributed by atoms with E-state index >= 15 is 0 Å². The minimum atomic E-state index is -0.540. The first-order valence-electron chi connectivity index (χ1n) is 10.3. The predicted molar refractivity (Wildman–Crippen MR) is 129 cm³/mol. The summed E-state index contributed by atoms with van der Waals surface area (Å²) in [6.07, 6.45) is 0. The molecule has 0 saturated carbocycles. The zero-order valence-electron chi connectivity index (χ0n) is 19.7. The number of amides is 1. The second kappa shape index (κ2) is 8.54. The van der Waals surface area contributed by atoms with Crippen molar-refractivity contribution in [2.45, 2.75) is 57.2 Å². The van der Waals surface area contributed by atoms with Gasteiger partial charge in [0.2, 0.25) is 5.91 Å². The van der Waals surface area contributed by atoms with Crippen molar-refractivity contribution in [1.29, 1.82) is 0 Å². The minimum absolute atomic E-state index is 0.196. The van der Waals surface area contributed by atoms with Crippen LogP contribution in [0.25, 0.3) is 11.0 Å². The van der Waals surface area contributed by atoms with E-state index in [0.29, 0.717) is 10.9 Å². The Labute approximate surface area is 191 Å². The Morgan fingerprint density at radius 1 is 1.06 bits per heavy atom. The first-order chi connectivity index (χ1) is 14.8. The van der Waals surface area contributed by atoms with Gasteiger partial charge >= 0.3 is 5.69 Å². The molecule has 8 nitrogen and oxygen atoms in total. The number of para-hydroxylation sites is 1. The molecule has 0 aliphatic heterocycles. The molecular formula is C23H29N5O3S. The number of aromatic nitrogens is 4. The lowest BCUT2D eigenvalue weighted by atomic mass is 9.96. The average molecular weight is 456 g/mol. The van der Waals surface area contributed by atoms with Crippen molar-refractivity contribution in [3.8, 4) is 0 Å². The smallest absolute Gasteiger partial charge is 0.325 e. The first-order valence-corrected chi connectivity index (χ1v) is 11.2. The van der Waals surface area contributed by atoms with E-state index in [-0.39, 0.29) is 16.9 Å². The molecule has 1 atom stereocenters. The lowest BCUT2D eigenvalue weighted by Gasteiger charge is -2.20. The number of aryl methyl sites for hydroxylation is 3. The van der Waals surface area contributed by atoms with E-state index in [1.165, 1.54) is 23.4 Å². The highest BCUT2D eigenvalue weighted by molar-refractivity contribution is 8.00. The van der Waals surface area contributed by atoms with Gasteiger partial charge in [0.1, 0.15) is 16.2 Å². The molecule has 3 rings (SSSR count). The van der Waals surface area contributed by atoms with E-state index in [1.807, 2.05) is 52.8 Å². The molecule has 2 heterocycles. The number of nitrogens with zero attached hydrogens (tertiary/aromatic N) is 4. The number of rotatable bonds is 4. The normalized spacial score (nSPS) is 12.8. The van der Waals surface area contributed by atoms with Crippen LogP contribution < -0.4 is 16.6 Å². The Bertz CT molecular complexity index is 1310. The van der Waals surface area contributed by atoms with Crippen LogP contribution in [-0.2, 0) is 24.3 Å². The van der Waals surface area contributed by atoms with Crippen LogP contribution in [0.3, 0.4) is 0 Å². The molecular weight excluding hydrogens is 426 g/mol. The second-order valence-electron chi connectivity index (χ2n) is 9.02. The molecule has 2 aromatic heterocycles. The van der Waals surface area contributed by atoms with Crippen molar-refractivity contribution in [2.75, 3.05) is 5.32 Å². The van der Waals surface area contributed by atoms with Crippen molar-refractivity contribution in [3.63, 3.8) is 0 Å². The fraction of sp³-hybridized carbons (Fsp3) is 0.435. The third kappa shape index (κ3) is 4.34. The molecule has 1 N–H and O–H groups in total. The van der Waals surface area contributed by atoms with Crippen molar-refractivity contribution in [3.05, 3.63) is 56.0 Å². The van der Waals surface area contributed by atoms with Gasteiger partial charge in [-0.25, -0.2) is 14.8 Å². The molecule has 1 amide bonds. The second-order valence-corrected chi connectivity index (χ2v) is 10.4. The Kier molecular flexibility index (Phi) is 6.33. The van der Waals surface area contributed by atoms with E-state index in [4.69, 9.17) is 0 Å². The van der Waals surface area contributed by atoms with Crippen LogP contribution in [0.5, 0.6) is 0 Å². The molecule has 0 aliphatic carbocycles. The van der Waals surface area contributed by atoms with Gasteiger partial charge in [0.15, 0.2) is 5.65 Å². The molecule has 170 valence electrons. The lowest BCUT2D eigenvalue weighted by molar-refractivity contribution is -0.115. The summed E-state index contributed by atoms with van der Waals surface area (Å²) in [4.78, 5) is 47.6. The number of benzene rings is 1. The number of hydrogen-bond donors (Lipinski definition) is 1. The fourth-order valence-corrected chi connectivity index (χ4v) is 4.24. The topological polar surface area (TPSA) is 98.9 Å². The van der Waals surface area contributed by atoms with Crippen LogP contribution in [0, 0.1) is 13.8 Å². The monoisotopic (exact) mass is 455 g/mol. The van der Waals surface area contributed by atoms with Gasteiger partial charge in [-0.15, -0.1) is 0 Å². The third-order valence-electron chi connectivity index (χ3n) is 5.32. The summed E-state index contributed by atoms with van der Waals surface area (Å²) in [5.74, 6) is 0.302. The van der Waals surface area contributed by atoms with Gasteiger partial charge in [0, 0.05) is 25.2 Å². The summed E-state index contributed by atoms with van der Waals surface area (Å²) < 4.78 is 2.38. The molecule has 1 unspecified atom stereocenters. The number of fused-ring (bicyclic) bond motifs is 1. The van der Waals surface area contributed by atoms with Crippen LogP contribution in [0.4, 0.5) is 5.69 Å². The molecule has 32 heavy (non-hydrogen) atoms. The number of anilines is 1. The highest BCUT2D eigenvalue weighted by Crippen LogP contribution is 2.30. The molecule has 0 aliphatic rings. The quantitative estimate of drug-likeness (QED) is 0.480. The van der Waals surface area contributed by atoms with Gasteiger partial charge in [-0.1, -0.05) is 50.7 Å². The molecule has 0 spiro atoms. The van der Waals surface area contributed by atoms with Gasteiger partial charge in [0.25, 0.3) is 5.56 Å². The van der Waals surface area contributed by atoms with Crippen LogP contribution in [0.2, 0.25) is 0 Å². The summed E-state index contributed by atoms with van der Waals surface area (Å²) in [6.45, 7) is 11.5. The van der Waals surface area contributed by atoms with Gasteiger partial charge in [0.05, 0.1) is 5.25 Å². The average Bonchev–Trinajstić information content (AvgIpc) is 2.72. The Morgan fingerprint density at radius 3 is 2.22 bits per heavy atom. The van der Waals surface area contributed by atoms with Crippen molar-refractivity contribution < 1.29 is 4.79 Å². The van der Waals surface area contributed by atoms with E-state index in [1.54, 1.807) is 14.0 Å². The summed E-state index contributed by atoms with van der Waals surface area (Å²) in [6, 6.07) is 5.83. The highest BCUT2D eigenvalue weighted by atomic mass is 32.2. The maximum Gasteiger partial charge on any atom is 0.332 e. The Hall–Kier alpha value is -2.94. The Morgan fingerprint density at radius 2 is 1.66 bits per heavy atom. The number of carbonyl (C=O) groups excluding carboxylic acids is 1. The van der Waals surface area contributed by atoms with Gasteiger partial charge in [-0.3, -0.25) is 18.7 Å². The summed E-state index contributed by atoms with van der Waals surface area (Å²) in [7, 11) is 3.00. The van der Waals surface area contributed by atoms with Gasteiger partial charge < -0.3 is 5.32 Å². The van der Waals surface area contributed by atoms with Gasteiger partial charge in [-0.05, 0) is 31.9 Å². The van der Waals surface area contributed by atoms with Crippen molar-refractivity contribution in [2.24, 2.45) is 14.1 Å². The Balaban J connectivity index is 2.10. The lowest BCUT2D eigenvalue weighted by Crippen LogP contribution is -2.38. The molecule has 0 saturated heterocycles. The fourth-order valence-electron chi connectivity index (χ4n) is 3.31. The molecule has 1 aromatic carbocycles. The van der Waals surface area contributed by atoms with Crippen LogP contribution in [0.1, 0.15) is 44.6 Å². The summed E-state index contributed by atoms with van der Waals surface area (Å²) >= 11 is 1.19. The molecule has 0 radical (unpaired) electrons. The predicted octanol–water partition coefficient (Wildman–Crippen LogP) is 3.06. The van der Waals surface area contributed by atoms with E-state index < -0.39 is 21.9 Å². The summed E-state index contributed by atoms with van der Waals surface area (Å²) in [5.41, 5.74) is 1.65. The molecule has 0 fully saturated rings. The van der Waals surface area contributed by atoms with Crippen LogP contribution >= 0.6 is 11.8 Å². The van der Waals surface area contributed by atoms with Crippen molar-refractivity contribution >= 4 is 34.4 Å². The van der Waals surface area contributed by atoms with E-state index in [0.717, 1.165) is 21.4 Å². The minimum Gasteiger partial charge on any atom is -0.325 e. The number of nitrogens with one attached hydrogen (secondary N) is 1. The zero-order valence-corrected chi connectivity index (χ0v) is 20.5. The number of carbonyl (C=O) groups is 1. The van der Waals surface area contributed by atoms with Crippen molar-refractivity contribution in [1.82, 2.24) is 19.1 Å². The zero-order chi connectivity index (χ0) is 24.0. The maximum absolute atomic E-state index is 13.0. The first kappa shape index (κ1) is 23.7. The molecule has 9 heteroatoms. The van der Waals surface area contributed by atoms with Crippen LogP contribution in [-0.4, -0.2) is 30.3 Å². The largest absolute Gasteiger partial charge is 0.332 e. The number of thioether (sulfide) groups is 1. The molecule has 3 aromatic rings. The van der Waals surface area contributed by atoms with E-state index in [9.17, 15) is 14.4 Å². The van der Waals surface area contributed by atoms with E-state index in [2.05, 4.69) is 15.3 Å².